The minimum Gasteiger partial charge on any atom is -0.363 e. The average Bonchev–Trinajstić information content (AvgIpc) is 2.52. The molecule has 2 rings (SSSR count). The summed E-state index contributed by atoms with van der Waals surface area (Å²) in [6, 6.07) is 0.144. The molecule has 1 aromatic rings. The van der Waals surface area contributed by atoms with Gasteiger partial charge < -0.3 is 5.32 Å². The van der Waals surface area contributed by atoms with E-state index in [4.69, 9.17) is 0 Å². The monoisotopic (exact) mass is 233 g/mol. The van der Waals surface area contributed by atoms with Gasteiger partial charge in [0.1, 0.15) is 5.82 Å². The average molecular weight is 233 g/mol. The number of hydrogen-bond acceptors (Lipinski definition) is 3. The van der Waals surface area contributed by atoms with Crippen LogP contribution in [0, 0.1) is 12.3 Å². The van der Waals surface area contributed by atoms with E-state index in [9.17, 15) is 4.79 Å². The number of hydrogen-bond donors (Lipinski definition) is 1. The molecule has 0 aliphatic carbocycles. The van der Waals surface area contributed by atoms with E-state index in [-0.39, 0.29) is 11.5 Å². The second-order valence-electron chi connectivity index (χ2n) is 5.66. The van der Waals surface area contributed by atoms with E-state index in [2.05, 4.69) is 31.2 Å². The molecular weight excluding hydrogens is 214 g/mol. The number of aromatic nitrogens is 2. The molecular formula is C13H19N3O. The zero-order valence-electron chi connectivity index (χ0n) is 11.0. The predicted octanol–water partition coefficient (Wildman–Crippen LogP) is 2.15. The van der Waals surface area contributed by atoms with E-state index in [1.807, 2.05) is 20.0 Å². The fourth-order valence-electron chi connectivity index (χ4n) is 2.19. The van der Waals surface area contributed by atoms with Crippen molar-refractivity contribution in [3.05, 3.63) is 17.3 Å². The molecule has 1 atom stereocenters. The zero-order valence-corrected chi connectivity index (χ0v) is 11.0. The van der Waals surface area contributed by atoms with Crippen LogP contribution in [-0.4, -0.2) is 22.1 Å². The molecule has 0 aromatic carbocycles. The highest BCUT2D eigenvalue weighted by Gasteiger charge is 2.30. The highest BCUT2D eigenvalue weighted by molar-refractivity contribution is 6.10. The van der Waals surface area contributed by atoms with Gasteiger partial charge in [0.15, 0.2) is 6.29 Å². The minimum absolute atomic E-state index is 0.0596. The highest BCUT2D eigenvalue weighted by Crippen LogP contribution is 2.35. The van der Waals surface area contributed by atoms with Crippen molar-refractivity contribution in [2.24, 2.45) is 12.5 Å². The fraction of sp³-hybridized carbons (Fsp3) is 0.538. The van der Waals surface area contributed by atoms with E-state index in [1.165, 1.54) is 0 Å². The summed E-state index contributed by atoms with van der Waals surface area (Å²) in [6.07, 6.45) is 2.93. The number of aryl methyl sites for hydroxylation is 2. The maximum absolute atomic E-state index is 11.2. The molecule has 1 aliphatic rings. The van der Waals surface area contributed by atoms with Crippen LogP contribution in [0.15, 0.2) is 6.08 Å². The smallest absolute Gasteiger partial charge is 0.150 e. The summed E-state index contributed by atoms with van der Waals surface area (Å²) in [5.74, 6) is 0.937. The molecule has 0 saturated heterocycles. The summed E-state index contributed by atoms with van der Waals surface area (Å²) in [6.45, 7) is 8.38. The van der Waals surface area contributed by atoms with Gasteiger partial charge >= 0.3 is 0 Å². The third-order valence-corrected chi connectivity index (χ3v) is 3.21. The van der Waals surface area contributed by atoms with Gasteiger partial charge in [-0.25, -0.2) is 0 Å². The lowest BCUT2D eigenvalue weighted by Gasteiger charge is -2.33. The first-order chi connectivity index (χ1) is 7.84. The number of nitrogens with one attached hydrogen (secondary N) is 1. The molecule has 4 nitrogen and oxygen atoms in total. The quantitative estimate of drug-likeness (QED) is 0.756. The molecule has 0 saturated carbocycles. The largest absolute Gasteiger partial charge is 0.363 e. The third-order valence-electron chi connectivity index (χ3n) is 3.21. The minimum atomic E-state index is 0.0596. The Bertz CT molecular complexity index is 491. The fourth-order valence-corrected chi connectivity index (χ4v) is 2.19. The van der Waals surface area contributed by atoms with Gasteiger partial charge in [-0.3, -0.25) is 9.48 Å². The second-order valence-corrected chi connectivity index (χ2v) is 5.66. The number of carbonyl (C=O) groups is 1. The molecule has 4 heteroatoms. The number of anilines is 1. The summed E-state index contributed by atoms with van der Waals surface area (Å²) in [4.78, 5) is 11.2. The molecule has 1 N–H and O–H groups in total. The van der Waals surface area contributed by atoms with Crippen molar-refractivity contribution in [3.8, 4) is 0 Å². The Morgan fingerprint density at radius 1 is 1.47 bits per heavy atom. The van der Waals surface area contributed by atoms with Crippen molar-refractivity contribution in [2.75, 3.05) is 5.32 Å². The molecule has 0 radical (unpaired) electrons. The summed E-state index contributed by atoms with van der Waals surface area (Å²) in [5.41, 5.74) is 2.62. The summed E-state index contributed by atoms with van der Waals surface area (Å²) < 4.78 is 1.81. The lowest BCUT2D eigenvalue weighted by molar-refractivity contribution is -0.103. The Kier molecular flexibility index (Phi) is 2.60. The van der Waals surface area contributed by atoms with Gasteiger partial charge in [0.05, 0.1) is 11.7 Å². The SMILES string of the molecule is Cc1nn(C)c2c1C(C=O)=C[C@H](C(C)(C)C)N2. The van der Waals surface area contributed by atoms with Crippen LogP contribution in [0.3, 0.4) is 0 Å². The lowest BCUT2D eigenvalue weighted by atomic mass is 9.83. The van der Waals surface area contributed by atoms with E-state index in [1.54, 1.807) is 4.68 Å². The maximum atomic E-state index is 11.2. The molecule has 1 aliphatic heterocycles. The van der Waals surface area contributed by atoms with E-state index < -0.39 is 0 Å². The molecule has 0 amide bonds. The number of allylic oxidation sites excluding steroid dienone is 1. The van der Waals surface area contributed by atoms with Crippen molar-refractivity contribution in [3.63, 3.8) is 0 Å². The Labute approximate surface area is 102 Å². The molecule has 0 fully saturated rings. The van der Waals surface area contributed by atoms with Crippen molar-refractivity contribution < 1.29 is 4.79 Å². The summed E-state index contributed by atoms with van der Waals surface area (Å²) in [7, 11) is 1.90. The molecule has 0 unspecified atom stereocenters. The van der Waals surface area contributed by atoms with Crippen LogP contribution < -0.4 is 5.32 Å². The Balaban J connectivity index is 2.56. The number of nitrogens with zero attached hydrogens (tertiary/aromatic N) is 2. The highest BCUT2D eigenvalue weighted by atomic mass is 16.1. The normalized spacial score (nSPS) is 19.4. The lowest BCUT2D eigenvalue weighted by Crippen LogP contribution is -2.35. The first-order valence-electron chi connectivity index (χ1n) is 5.82. The summed E-state index contributed by atoms with van der Waals surface area (Å²) >= 11 is 0. The van der Waals surface area contributed by atoms with Gasteiger partial charge in [0.25, 0.3) is 0 Å². The van der Waals surface area contributed by atoms with Crippen molar-refractivity contribution >= 4 is 17.7 Å². The van der Waals surface area contributed by atoms with E-state index in [0.717, 1.165) is 28.9 Å². The van der Waals surface area contributed by atoms with E-state index in [0.29, 0.717) is 0 Å². The van der Waals surface area contributed by atoms with Crippen molar-refractivity contribution in [2.45, 2.75) is 33.7 Å². The van der Waals surface area contributed by atoms with Crippen LogP contribution in [0.4, 0.5) is 5.82 Å². The van der Waals surface area contributed by atoms with Gasteiger partial charge in [-0.1, -0.05) is 26.8 Å². The number of fused-ring (bicyclic) bond motifs is 1. The van der Waals surface area contributed by atoms with Crippen molar-refractivity contribution in [1.29, 1.82) is 0 Å². The number of carbonyl (C=O) groups excluding carboxylic acids is 1. The molecule has 92 valence electrons. The standard InChI is InChI=1S/C13H19N3O/c1-8-11-9(7-17)6-10(13(2,3)4)14-12(11)16(5)15-8/h6-7,10,14H,1-5H3/t10-/m1/s1. The third kappa shape index (κ3) is 1.88. The summed E-state index contributed by atoms with van der Waals surface area (Å²) in [5, 5.41) is 7.82. The first kappa shape index (κ1) is 11.9. The molecule has 2 heterocycles. The van der Waals surface area contributed by atoms with Crippen LogP contribution in [-0.2, 0) is 11.8 Å². The molecule has 17 heavy (non-hydrogen) atoms. The molecule has 0 bridgehead atoms. The van der Waals surface area contributed by atoms with Crippen LogP contribution in [0.5, 0.6) is 0 Å². The van der Waals surface area contributed by atoms with Gasteiger partial charge in [-0.05, 0) is 12.3 Å². The second kappa shape index (κ2) is 3.72. The predicted molar refractivity (Wildman–Crippen MR) is 68.9 cm³/mol. The van der Waals surface area contributed by atoms with Crippen LogP contribution in [0.25, 0.3) is 5.57 Å². The van der Waals surface area contributed by atoms with Crippen molar-refractivity contribution in [1.82, 2.24) is 9.78 Å². The van der Waals surface area contributed by atoms with Crippen LogP contribution in [0.2, 0.25) is 0 Å². The Morgan fingerprint density at radius 3 is 2.65 bits per heavy atom. The number of rotatable bonds is 1. The molecule has 1 aromatic heterocycles. The topological polar surface area (TPSA) is 46.9 Å². The van der Waals surface area contributed by atoms with Gasteiger partial charge in [-0.2, -0.15) is 5.10 Å². The maximum Gasteiger partial charge on any atom is 0.150 e. The van der Waals surface area contributed by atoms with E-state index >= 15 is 0 Å². The van der Waals surface area contributed by atoms with Gasteiger partial charge in [0.2, 0.25) is 0 Å². The Morgan fingerprint density at radius 2 is 2.12 bits per heavy atom. The van der Waals surface area contributed by atoms with Crippen LogP contribution in [0.1, 0.15) is 32.0 Å². The van der Waals surface area contributed by atoms with Gasteiger partial charge in [-0.15, -0.1) is 0 Å². The van der Waals surface area contributed by atoms with Gasteiger partial charge in [0, 0.05) is 18.2 Å². The first-order valence-corrected chi connectivity index (χ1v) is 5.82. The Hall–Kier alpha value is -1.58. The zero-order chi connectivity index (χ0) is 12.8. The number of aldehydes is 1. The molecule has 0 spiro atoms. The van der Waals surface area contributed by atoms with Crippen LogP contribution >= 0.6 is 0 Å².